The maximum Gasteiger partial charge on any atom is 0.262 e. The summed E-state index contributed by atoms with van der Waals surface area (Å²) in [6.07, 6.45) is 1.65. The van der Waals surface area contributed by atoms with Gasteiger partial charge < -0.3 is 9.64 Å². The molecule has 0 fully saturated rings. The molecule has 1 heterocycles. The van der Waals surface area contributed by atoms with Crippen molar-refractivity contribution in [3.05, 3.63) is 60.2 Å². The van der Waals surface area contributed by atoms with Gasteiger partial charge in [-0.15, -0.1) is 6.58 Å². The number of anilines is 2. The van der Waals surface area contributed by atoms with E-state index in [0.29, 0.717) is 29.2 Å². The predicted octanol–water partition coefficient (Wildman–Crippen LogP) is 4.04. The topological polar surface area (TPSA) is 75.7 Å². The molecule has 1 N–H and O–H groups in total. The molecule has 2 aromatic carbocycles. The summed E-state index contributed by atoms with van der Waals surface area (Å²) in [4.78, 5) is 14.7. The van der Waals surface area contributed by atoms with Gasteiger partial charge in [-0.05, 0) is 57.0 Å². The smallest absolute Gasteiger partial charge is 0.262 e. The molecule has 0 atom stereocenters. The number of amides is 1. The number of sulfonamides is 1. The molecule has 0 saturated heterocycles. The number of fused-ring (bicyclic) bond motifs is 1. The lowest BCUT2D eigenvalue weighted by molar-refractivity contribution is -0.127. The molecule has 1 aliphatic rings. The molecule has 0 aromatic heterocycles. The first-order valence-electron chi connectivity index (χ1n) is 9.35. The number of carbonyl (C=O) groups is 1. The summed E-state index contributed by atoms with van der Waals surface area (Å²) in [7, 11) is -3.76. The molecule has 0 radical (unpaired) electrons. The molecule has 7 heteroatoms. The van der Waals surface area contributed by atoms with Gasteiger partial charge in [-0.25, -0.2) is 8.42 Å². The molecule has 0 saturated carbocycles. The summed E-state index contributed by atoms with van der Waals surface area (Å²) in [5, 5.41) is 0. The summed E-state index contributed by atoms with van der Waals surface area (Å²) in [6.45, 7) is 11.5. The highest BCUT2D eigenvalue weighted by atomic mass is 32.2. The molecule has 1 aliphatic heterocycles. The van der Waals surface area contributed by atoms with Crippen LogP contribution in [0, 0.1) is 19.3 Å². The highest BCUT2D eigenvalue weighted by Gasteiger charge is 2.37. The normalized spacial score (nSPS) is 15.9. The monoisotopic (exact) mass is 414 g/mol. The maximum absolute atomic E-state index is 12.9. The molecular weight excluding hydrogens is 388 g/mol. The molecule has 0 bridgehead atoms. The Hall–Kier alpha value is -2.80. The number of nitrogens with one attached hydrogen (secondary N) is 1. The van der Waals surface area contributed by atoms with Crippen LogP contribution in [0.25, 0.3) is 0 Å². The fourth-order valence-electron chi connectivity index (χ4n) is 3.23. The van der Waals surface area contributed by atoms with Crippen molar-refractivity contribution in [1.29, 1.82) is 0 Å². The van der Waals surface area contributed by atoms with Gasteiger partial charge in [0.05, 0.1) is 21.7 Å². The Morgan fingerprint density at radius 3 is 2.62 bits per heavy atom. The zero-order valence-corrected chi connectivity index (χ0v) is 18.0. The Bertz CT molecular complexity index is 1070. The molecule has 6 nitrogen and oxygen atoms in total. The first kappa shape index (κ1) is 20.9. The minimum atomic E-state index is -3.76. The van der Waals surface area contributed by atoms with E-state index in [1.165, 1.54) is 0 Å². The number of hydrogen-bond acceptors (Lipinski definition) is 4. The number of ether oxygens (including phenoxy) is 1. The van der Waals surface area contributed by atoms with E-state index in [0.717, 1.165) is 5.56 Å². The number of aryl methyl sites for hydroxylation is 2. The van der Waals surface area contributed by atoms with E-state index in [4.69, 9.17) is 4.74 Å². The average molecular weight is 415 g/mol. The highest BCUT2D eigenvalue weighted by Crippen LogP contribution is 2.38. The van der Waals surface area contributed by atoms with Gasteiger partial charge in [-0.1, -0.05) is 18.2 Å². The highest BCUT2D eigenvalue weighted by molar-refractivity contribution is 7.92. The van der Waals surface area contributed by atoms with Crippen LogP contribution in [-0.2, 0) is 14.8 Å². The number of hydrogen-bond donors (Lipinski definition) is 1. The fourth-order valence-corrected chi connectivity index (χ4v) is 4.61. The summed E-state index contributed by atoms with van der Waals surface area (Å²) in [5.41, 5.74) is 1.78. The van der Waals surface area contributed by atoms with Gasteiger partial charge in [0, 0.05) is 12.6 Å². The van der Waals surface area contributed by atoms with E-state index in [-0.39, 0.29) is 17.4 Å². The van der Waals surface area contributed by atoms with E-state index in [1.54, 1.807) is 48.2 Å². The molecule has 3 rings (SSSR count). The van der Waals surface area contributed by atoms with Crippen LogP contribution in [0.4, 0.5) is 11.4 Å². The third kappa shape index (κ3) is 4.15. The molecule has 1 amide bonds. The molecular formula is C22H26N2O4S. The quantitative estimate of drug-likeness (QED) is 0.749. The van der Waals surface area contributed by atoms with E-state index >= 15 is 0 Å². The largest absolute Gasteiger partial charge is 0.490 e. The molecule has 154 valence electrons. The Morgan fingerprint density at radius 2 is 1.93 bits per heavy atom. The van der Waals surface area contributed by atoms with Gasteiger partial charge >= 0.3 is 0 Å². The van der Waals surface area contributed by atoms with Crippen LogP contribution in [0.5, 0.6) is 5.75 Å². The second kappa shape index (κ2) is 7.55. The number of carbonyl (C=O) groups excluding carboxylic acids is 1. The van der Waals surface area contributed by atoms with Gasteiger partial charge in [0.25, 0.3) is 10.0 Å². The molecule has 0 unspecified atom stereocenters. The summed E-state index contributed by atoms with van der Waals surface area (Å²) < 4.78 is 34.3. The van der Waals surface area contributed by atoms with Crippen molar-refractivity contribution < 1.29 is 17.9 Å². The second-order valence-electron chi connectivity index (χ2n) is 7.93. The van der Waals surface area contributed by atoms with Crippen molar-refractivity contribution in [3.8, 4) is 5.75 Å². The zero-order chi connectivity index (χ0) is 21.4. The Labute approximate surface area is 172 Å². The van der Waals surface area contributed by atoms with Crippen molar-refractivity contribution in [2.24, 2.45) is 5.41 Å². The van der Waals surface area contributed by atoms with E-state index in [2.05, 4.69) is 11.3 Å². The summed E-state index contributed by atoms with van der Waals surface area (Å²) in [6, 6.07) is 10.2. The van der Waals surface area contributed by atoms with Gasteiger partial charge in [0.2, 0.25) is 5.91 Å². The Morgan fingerprint density at radius 1 is 1.21 bits per heavy atom. The first-order valence-corrected chi connectivity index (χ1v) is 10.8. The van der Waals surface area contributed by atoms with E-state index in [1.807, 2.05) is 26.8 Å². The van der Waals surface area contributed by atoms with Crippen LogP contribution in [-0.4, -0.2) is 27.5 Å². The average Bonchev–Trinajstić information content (AvgIpc) is 2.74. The Balaban J connectivity index is 1.99. The molecule has 0 aliphatic carbocycles. The molecule has 2 aromatic rings. The lowest BCUT2D eigenvalue weighted by Crippen LogP contribution is -2.42. The number of benzene rings is 2. The van der Waals surface area contributed by atoms with Crippen LogP contribution >= 0.6 is 0 Å². The summed E-state index contributed by atoms with van der Waals surface area (Å²) >= 11 is 0. The van der Waals surface area contributed by atoms with Gasteiger partial charge in [0.15, 0.2) is 0 Å². The van der Waals surface area contributed by atoms with Crippen LogP contribution in [0.15, 0.2) is 53.9 Å². The lowest BCUT2D eigenvalue weighted by Gasteiger charge is -2.27. The SMILES string of the molecule is C=CCN1C(=O)C(C)(C)COc2cc(NS(=O)(=O)c3cc(C)ccc3C)ccc21. The number of nitrogens with zero attached hydrogens (tertiary/aromatic N) is 1. The second-order valence-corrected chi connectivity index (χ2v) is 9.58. The minimum Gasteiger partial charge on any atom is -0.490 e. The van der Waals surface area contributed by atoms with Crippen LogP contribution in [0.2, 0.25) is 0 Å². The third-order valence-corrected chi connectivity index (χ3v) is 6.38. The van der Waals surface area contributed by atoms with E-state index < -0.39 is 15.4 Å². The van der Waals surface area contributed by atoms with Crippen molar-refractivity contribution >= 4 is 27.3 Å². The Kier molecular flexibility index (Phi) is 5.45. The van der Waals surface area contributed by atoms with Gasteiger partial charge in [-0.3, -0.25) is 9.52 Å². The zero-order valence-electron chi connectivity index (χ0n) is 17.2. The van der Waals surface area contributed by atoms with Crippen molar-refractivity contribution in [3.63, 3.8) is 0 Å². The number of rotatable bonds is 5. The van der Waals surface area contributed by atoms with Crippen molar-refractivity contribution in [2.75, 3.05) is 22.8 Å². The lowest BCUT2D eigenvalue weighted by atomic mass is 9.93. The van der Waals surface area contributed by atoms with Gasteiger partial charge in [0.1, 0.15) is 12.4 Å². The van der Waals surface area contributed by atoms with E-state index in [9.17, 15) is 13.2 Å². The first-order chi connectivity index (χ1) is 13.5. The van der Waals surface area contributed by atoms with Crippen LogP contribution in [0.1, 0.15) is 25.0 Å². The maximum atomic E-state index is 12.9. The van der Waals surface area contributed by atoms with Crippen molar-refractivity contribution in [1.82, 2.24) is 0 Å². The van der Waals surface area contributed by atoms with Crippen LogP contribution < -0.4 is 14.4 Å². The third-order valence-electron chi connectivity index (χ3n) is 4.86. The van der Waals surface area contributed by atoms with Crippen molar-refractivity contribution in [2.45, 2.75) is 32.6 Å². The fraction of sp³-hybridized carbons (Fsp3) is 0.318. The molecule has 0 spiro atoms. The standard InChI is InChI=1S/C22H26N2O4S/c1-6-11-24-18-10-9-17(13-19(18)28-14-22(4,5)21(24)25)23-29(26,27)20-12-15(2)7-8-16(20)3/h6-10,12-13,23H,1,11,14H2,2-5H3. The molecule has 29 heavy (non-hydrogen) atoms. The predicted molar refractivity (Wildman–Crippen MR) is 115 cm³/mol. The minimum absolute atomic E-state index is 0.0696. The van der Waals surface area contributed by atoms with Crippen LogP contribution in [0.3, 0.4) is 0 Å². The summed E-state index contributed by atoms with van der Waals surface area (Å²) in [5.74, 6) is 0.381. The van der Waals surface area contributed by atoms with Gasteiger partial charge in [-0.2, -0.15) is 0 Å².